The van der Waals surface area contributed by atoms with Gasteiger partial charge in [0.15, 0.2) is 0 Å². The summed E-state index contributed by atoms with van der Waals surface area (Å²) < 4.78 is 14.5. The van der Waals surface area contributed by atoms with Crippen molar-refractivity contribution in [2.45, 2.75) is 20.8 Å². The van der Waals surface area contributed by atoms with E-state index in [-0.39, 0.29) is 22.7 Å². The quantitative estimate of drug-likeness (QED) is 0.872. The Morgan fingerprint density at radius 3 is 2.26 bits per heavy atom. The lowest BCUT2D eigenvalue weighted by atomic mass is 9.95. The molecule has 0 atom stereocenters. The van der Waals surface area contributed by atoms with Crippen molar-refractivity contribution in [1.29, 1.82) is 0 Å². The second-order valence-electron chi connectivity index (χ2n) is 6.80. The summed E-state index contributed by atoms with van der Waals surface area (Å²) in [7, 11) is 1.60. The summed E-state index contributed by atoms with van der Waals surface area (Å²) >= 11 is 0. The average Bonchev–Trinajstić information content (AvgIpc) is 2.47. The molecule has 1 amide bonds. The van der Waals surface area contributed by atoms with Crippen LogP contribution in [0.2, 0.25) is 0 Å². The monoisotopic (exact) mass is 316 g/mol. The normalized spacial score (nSPS) is 11.3. The van der Waals surface area contributed by atoms with Crippen molar-refractivity contribution in [1.82, 2.24) is 4.57 Å². The predicted molar refractivity (Wildman–Crippen MR) is 89.2 cm³/mol. The van der Waals surface area contributed by atoms with Gasteiger partial charge in [-0.2, -0.15) is 0 Å². The first-order chi connectivity index (χ1) is 10.7. The van der Waals surface area contributed by atoms with E-state index < -0.39 is 0 Å². The molecule has 0 N–H and O–H groups in total. The fourth-order valence-electron chi connectivity index (χ4n) is 2.25. The maximum atomic E-state index is 13.2. The number of pyridine rings is 1. The molecule has 4 nitrogen and oxygen atoms in total. The lowest BCUT2D eigenvalue weighted by molar-refractivity contribution is 0.0977. The molecule has 1 aromatic heterocycles. The molecule has 0 aliphatic heterocycles. The van der Waals surface area contributed by atoms with Crippen LogP contribution in [0.1, 0.15) is 31.1 Å². The Balaban J connectivity index is 2.43. The zero-order chi connectivity index (χ0) is 17.2. The van der Waals surface area contributed by atoms with Gasteiger partial charge in [-0.05, 0) is 35.7 Å². The van der Waals surface area contributed by atoms with Gasteiger partial charge in [0.1, 0.15) is 5.82 Å². The zero-order valence-electron chi connectivity index (χ0n) is 13.8. The molecule has 122 valence electrons. The average molecular weight is 316 g/mol. The van der Waals surface area contributed by atoms with E-state index in [4.69, 9.17) is 0 Å². The van der Waals surface area contributed by atoms with Gasteiger partial charge in [-0.25, -0.2) is 4.39 Å². The van der Waals surface area contributed by atoms with Gasteiger partial charge in [0.2, 0.25) is 5.56 Å². The SMILES string of the molecule is Cn1cc(C(=O)N(CC(C)(C)C)c2ccc(F)cc2)ccc1=O. The van der Waals surface area contributed by atoms with Gasteiger partial charge in [0, 0.05) is 31.5 Å². The summed E-state index contributed by atoms with van der Waals surface area (Å²) in [5.41, 5.74) is 0.733. The number of halogens is 1. The molecular weight excluding hydrogens is 295 g/mol. The number of aryl methyl sites for hydroxylation is 1. The summed E-state index contributed by atoms with van der Waals surface area (Å²) in [4.78, 5) is 26.0. The Hall–Kier alpha value is -2.43. The molecular formula is C18H21FN2O2. The van der Waals surface area contributed by atoms with Crippen LogP contribution in [0.25, 0.3) is 0 Å². The minimum atomic E-state index is -0.348. The van der Waals surface area contributed by atoms with Crippen molar-refractivity contribution in [2.75, 3.05) is 11.4 Å². The molecule has 0 unspecified atom stereocenters. The molecule has 0 saturated carbocycles. The zero-order valence-corrected chi connectivity index (χ0v) is 13.8. The maximum Gasteiger partial charge on any atom is 0.259 e. The Morgan fingerprint density at radius 1 is 1.13 bits per heavy atom. The third-order valence-electron chi connectivity index (χ3n) is 3.35. The van der Waals surface area contributed by atoms with E-state index in [9.17, 15) is 14.0 Å². The number of rotatable bonds is 3. The standard InChI is InChI=1S/C18H21FN2O2/c1-18(2,3)12-21(15-8-6-14(19)7-9-15)17(23)13-5-10-16(22)20(4)11-13/h5-11H,12H2,1-4H3. The second kappa shape index (κ2) is 6.36. The highest BCUT2D eigenvalue weighted by Crippen LogP contribution is 2.24. The van der Waals surface area contributed by atoms with E-state index in [0.29, 0.717) is 17.8 Å². The number of anilines is 1. The van der Waals surface area contributed by atoms with Crippen LogP contribution in [-0.2, 0) is 7.05 Å². The van der Waals surface area contributed by atoms with Crippen molar-refractivity contribution in [3.63, 3.8) is 0 Å². The molecule has 1 heterocycles. The summed E-state index contributed by atoms with van der Waals surface area (Å²) in [6, 6.07) is 8.72. The van der Waals surface area contributed by atoms with Crippen molar-refractivity contribution in [3.8, 4) is 0 Å². The van der Waals surface area contributed by atoms with E-state index >= 15 is 0 Å². The molecule has 0 radical (unpaired) electrons. The summed E-state index contributed by atoms with van der Waals surface area (Å²) in [6.07, 6.45) is 1.52. The lowest BCUT2D eigenvalue weighted by Gasteiger charge is -2.30. The smallest absolute Gasteiger partial charge is 0.259 e. The predicted octanol–water partition coefficient (Wildman–Crippen LogP) is 3.22. The molecule has 0 spiro atoms. The summed E-state index contributed by atoms with van der Waals surface area (Å²) in [6.45, 7) is 6.55. The lowest BCUT2D eigenvalue weighted by Crippen LogP contribution is -2.38. The van der Waals surface area contributed by atoms with E-state index in [1.165, 1.54) is 35.0 Å². The van der Waals surface area contributed by atoms with Gasteiger partial charge in [-0.1, -0.05) is 20.8 Å². The van der Waals surface area contributed by atoms with Crippen LogP contribution in [0.15, 0.2) is 47.4 Å². The molecule has 0 aliphatic carbocycles. The maximum absolute atomic E-state index is 13.2. The molecule has 0 fully saturated rings. The van der Waals surface area contributed by atoms with E-state index in [1.54, 1.807) is 24.1 Å². The number of carbonyl (C=O) groups is 1. The Bertz CT molecular complexity index is 758. The summed E-state index contributed by atoms with van der Waals surface area (Å²) in [5, 5.41) is 0. The molecule has 23 heavy (non-hydrogen) atoms. The fraction of sp³-hybridized carbons (Fsp3) is 0.333. The van der Waals surface area contributed by atoms with Crippen LogP contribution in [-0.4, -0.2) is 17.0 Å². The topological polar surface area (TPSA) is 42.3 Å². The van der Waals surface area contributed by atoms with Crippen LogP contribution in [0.3, 0.4) is 0 Å². The van der Waals surface area contributed by atoms with E-state index in [0.717, 1.165) is 0 Å². The van der Waals surface area contributed by atoms with Crippen LogP contribution in [0.4, 0.5) is 10.1 Å². The minimum Gasteiger partial charge on any atom is -0.318 e. The van der Waals surface area contributed by atoms with Crippen molar-refractivity contribution in [2.24, 2.45) is 12.5 Å². The Morgan fingerprint density at radius 2 is 1.74 bits per heavy atom. The fourth-order valence-corrected chi connectivity index (χ4v) is 2.25. The van der Waals surface area contributed by atoms with Crippen LogP contribution in [0, 0.1) is 11.2 Å². The molecule has 0 bridgehead atoms. The molecule has 0 aliphatic rings. The van der Waals surface area contributed by atoms with Crippen molar-refractivity contribution < 1.29 is 9.18 Å². The highest BCUT2D eigenvalue weighted by Gasteiger charge is 2.24. The number of nitrogens with zero attached hydrogens (tertiary/aromatic N) is 2. The molecule has 5 heteroatoms. The third-order valence-corrected chi connectivity index (χ3v) is 3.35. The number of benzene rings is 1. The first kappa shape index (κ1) is 16.9. The van der Waals surface area contributed by atoms with Gasteiger partial charge in [0.05, 0.1) is 5.56 Å². The van der Waals surface area contributed by atoms with Gasteiger partial charge in [-0.15, -0.1) is 0 Å². The Kier molecular flexibility index (Phi) is 4.68. The Labute approximate surface area is 135 Å². The number of amides is 1. The van der Waals surface area contributed by atoms with E-state index in [2.05, 4.69) is 0 Å². The minimum absolute atomic E-state index is 0.134. The highest BCUT2D eigenvalue weighted by molar-refractivity contribution is 6.05. The van der Waals surface area contributed by atoms with Crippen molar-refractivity contribution in [3.05, 3.63) is 64.3 Å². The van der Waals surface area contributed by atoms with Gasteiger partial charge < -0.3 is 9.47 Å². The number of hydrogen-bond donors (Lipinski definition) is 0. The van der Waals surface area contributed by atoms with Crippen LogP contribution >= 0.6 is 0 Å². The van der Waals surface area contributed by atoms with E-state index in [1.807, 2.05) is 20.8 Å². The van der Waals surface area contributed by atoms with Crippen LogP contribution < -0.4 is 10.5 Å². The third kappa shape index (κ3) is 4.28. The second-order valence-corrected chi connectivity index (χ2v) is 6.80. The number of carbonyl (C=O) groups excluding carboxylic acids is 1. The van der Waals surface area contributed by atoms with Crippen molar-refractivity contribution >= 4 is 11.6 Å². The molecule has 2 aromatic rings. The van der Waals surface area contributed by atoms with Gasteiger partial charge >= 0.3 is 0 Å². The molecule has 2 rings (SSSR count). The summed E-state index contributed by atoms with van der Waals surface area (Å²) in [5.74, 6) is -0.568. The molecule has 0 saturated heterocycles. The van der Waals surface area contributed by atoms with Gasteiger partial charge in [0.25, 0.3) is 5.91 Å². The van der Waals surface area contributed by atoms with Gasteiger partial charge in [-0.3, -0.25) is 9.59 Å². The van der Waals surface area contributed by atoms with Crippen LogP contribution in [0.5, 0.6) is 0 Å². The first-order valence-corrected chi connectivity index (χ1v) is 7.41. The number of hydrogen-bond acceptors (Lipinski definition) is 2. The molecule has 1 aromatic carbocycles. The first-order valence-electron chi connectivity index (χ1n) is 7.41. The highest BCUT2D eigenvalue weighted by atomic mass is 19.1. The largest absolute Gasteiger partial charge is 0.318 e. The number of aromatic nitrogens is 1.